The quantitative estimate of drug-likeness (QED) is 0.326. The molecule has 0 amide bonds. The van der Waals surface area contributed by atoms with Crippen LogP contribution in [0.3, 0.4) is 0 Å². The van der Waals surface area contributed by atoms with Crippen molar-refractivity contribution in [3.8, 4) is 11.5 Å². The predicted octanol–water partition coefficient (Wildman–Crippen LogP) is 1.49. The largest absolute Gasteiger partial charge is 0.493 e. The first-order valence-electron chi connectivity index (χ1n) is 4.59. The molecule has 4 heteroatoms. The second-order valence-electron chi connectivity index (χ2n) is 2.99. The minimum absolute atomic E-state index is 0.0761. The lowest BCUT2D eigenvalue weighted by molar-refractivity contribution is -0.109. The Morgan fingerprint density at radius 3 is 2.19 bits per heavy atom. The van der Waals surface area contributed by atoms with E-state index in [9.17, 15) is 9.59 Å². The maximum Gasteiger partial charge on any atom is 0.161 e. The Morgan fingerprint density at radius 2 is 1.69 bits per heavy atom. The number of methoxy groups -OCH3 is 2. The van der Waals surface area contributed by atoms with Gasteiger partial charge in [0.05, 0.1) is 19.8 Å². The molecule has 0 spiro atoms. The van der Waals surface area contributed by atoms with Gasteiger partial charge in [0.15, 0.2) is 24.1 Å². The minimum Gasteiger partial charge on any atom is -0.493 e. The van der Waals surface area contributed by atoms with Crippen molar-refractivity contribution in [1.82, 2.24) is 0 Å². The summed E-state index contributed by atoms with van der Waals surface area (Å²) in [5, 5.41) is 0. The molecule has 0 atom stereocenters. The van der Waals surface area contributed by atoms with E-state index in [4.69, 9.17) is 9.47 Å². The lowest BCUT2D eigenvalue weighted by atomic mass is 10.1. The fourth-order valence-corrected chi connectivity index (χ4v) is 1.23. The van der Waals surface area contributed by atoms with Gasteiger partial charge < -0.3 is 9.47 Å². The molecule has 0 saturated heterocycles. The highest BCUT2D eigenvalue weighted by atomic mass is 16.5. The molecular formula is C12H12O4. The third-order valence-electron chi connectivity index (χ3n) is 2.01. The van der Waals surface area contributed by atoms with Crippen molar-refractivity contribution in [3.63, 3.8) is 0 Å². The number of benzene rings is 1. The molecule has 16 heavy (non-hydrogen) atoms. The van der Waals surface area contributed by atoms with E-state index in [-0.39, 0.29) is 5.57 Å². The molecule has 0 aliphatic rings. The summed E-state index contributed by atoms with van der Waals surface area (Å²) in [5.41, 5.74) is 0.777. The van der Waals surface area contributed by atoms with Gasteiger partial charge in [0, 0.05) is 0 Å². The molecule has 0 radical (unpaired) electrons. The fourth-order valence-electron chi connectivity index (χ4n) is 1.23. The van der Waals surface area contributed by atoms with Crippen LogP contribution in [0.25, 0.3) is 6.08 Å². The average molecular weight is 220 g/mol. The number of ether oxygens (including phenoxy) is 2. The molecule has 0 aliphatic heterocycles. The van der Waals surface area contributed by atoms with E-state index in [0.29, 0.717) is 29.6 Å². The number of hydrogen-bond acceptors (Lipinski definition) is 4. The molecule has 0 aromatic heterocycles. The van der Waals surface area contributed by atoms with Crippen LogP contribution >= 0.6 is 0 Å². The predicted molar refractivity (Wildman–Crippen MR) is 59.7 cm³/mol. The zero-order valence-electron chi connectivity index (χ0n) is 9.10. The Hall–Kier alpha value is -2.10. The molecule has 0 saturated carbocycles. The van der Waals surface area contributed by atoms with E-state index in [1.54, 1.807) is 18.2 Å². The van der Waals surface area contributed by atoms with Crippen molar-refractivity contribution in [2.45, 2.75) is 0 Å². The van der Waals surface area contributed by atoms with Gasteiger partial charge in [-0.05, 0) is 23.8 Å². The van der Waals surface area contributed by atoms with Crippen molar-refractivity contribution in [2.75, 3.05) is 14.2 Å². The second kappa shape index (κ2) is 5.70. The van der Waals surface area contributed by atoms with Gasteiger partial charge in [-0.1, -0.05) is 6.07 Å². The summed E-state index contributed by atoms with van der Waals surface area (Å²) >= 11 is 0. The SMILES string of the molecule is COc1ccc(C=C(C=O)C=O)cc1OC. The molecule has 1 rings (SSSR count). The number of rotatable bonds is 5. The Bertz CT molecular complexity index is 411. The van der Waals surface area contributed by atoms with Crippen molar-refractivity contribution >= 4 is 18.6 Å². The molecule has 0 fully saturated rings. The van der Waals surface area contributed by atoms with Gasteiger partial charge in [-0.15, -0.1) is 0 Å². The summed E-state index contributed by atoms with van der Waals surface area (Å²) < 4.78 is 10.2. The first-order valence-corrected chi connectivity index (χ1v) is 4.59. The topological polar surface area (TPSA) is 52.6 Å². The fraction of sp³-hybridized carbons (Fsp3) is 0.167. The van der Waals surface area contributed by atoms with E-state index in [2.05, 4.69) is 0 Å². The first kappa shape index (κ1) is 12.0. The van der Waals surface area contributed by atoms with Gasteiger partial charge in [0.1, 0.15) is 0 Å². The number of carbonyl (C=O) groups excluding carboxylic acids is 2. The summed E-state index contributed by atoms with van der Waals surface area (Å²) in [6, 6.07) is 5.12. The number of carbonyl (C=O) groups is 2. The monoisotopic (exact) mass is 220 g/mol. The highest BCUT2D eigenvalue weighted by Crippen LogP contribution is 2.28. The zero-order chi connectivity index (χ0) is 12.0. The molecule has 1 aromatic rings. The van der Waals surface area contributed by atoms with Gasteiger partial charge >= 0.3 is 0 Å². The summed E-state index contributed by atoms with van der Waals surface area (Å²) in [6.07, 6.45) is 2.48. The smallest absolute Gasteiger partial charge is 0.161 e. The first-order chi connectivity index (χ1) is 7.74. The highest BCUT2D eigenvalue weighted by molar-refractivity contribution is 6.04. The summed E-state index contributed by atoms with van der Waals surface area (Å²) in [4.78, 5) is 20.9. The summed E-state index contributed by atoms with van der Waals surface area (Å²) in [6.45, 7) is 0. The third-order valence-corrected chi connectivity index (χ3v) is 2.01. The van der Waals surface area contributed by atoms with Crippen LogP contribution in [0.15, 0.2) is 23.8 Å². The molecule has 0 N–H and O–H groups in total. The Labute approximate surface area is 93.5 Å². The van der Waals surface area contributed by atoms with Crippen LogP contribution in [-0.2, 0) is 9.59 Å². The van der Waals surface area contributed by atoms with E-state index in [0.717, 1.165) is 0 Å². The van der Waals surface area contributed by atoms with Crippen LogP contribution in [0.2, 0.25) is 0 Å². The summed E-state index contributed by atoms with van der Waals surface area (Å²) in [7, 11) is 3.06. The van der Waals surface area contributed by atoms with E-state index < -0.39 is 0 Å². The van der Waals surface area contributed by atoms with Gasteiger partial charge in [0.25, 0.3) is 0 Å². The Kier molecular flexibility index (Phi) is 4.27. The third kappa shape index (κ3) is 2.70. The van der Waals surface area contributed by atoms with Gasteiger partial charge in [-0.3, -0.25) is 9.59 Å². The van der Waals surface area contributed by atoms with Crippen LogP contribution < -0.4 is 9.47 Å². The van der Waals surface area contributed by atoms with E-state index in [1.807, 2.05) is 0 Å². The number of hydrogen-bond donors (Lipinski definition) is 0. The van der Waals surface area contributed by atoms with Crippen LogP contribution in [0, 0.1) is 0 Å². The average Bonchev–Trinajstić information content (AvgIpc) is 2.35. The second-order valence-corrected chi connectivity index (χ2v) is 2.99. The van der Waals surface area contributed by atoms with Crippen molar-refractivity contribution in [2.24, 2.45) is 0 Å². The normalized spacial score (nSPS) is 9.12. The van der Waals surface area contributed by atoms with Gasteiger partial charge in [-0.25, -0.2) is 0 Å². The van der Waals surface area contributed by atoms with Crippen LogP contribution in [0.5, 0.6) is 11.5 Å². The van der Waals surface area contributed by atoms with Crippen LogP contribution in [-0.4, -0.2) is 26.8 Å². The van der Waals surface area contributed by atoms with Crippen LogP contribution in [0.1, 0.15) is 5.56 Å². The lowest BCUT2D eigenvalue weighted by Gasteiger charge is -2.07. The van der Waals surface area contributed by atoms with Crippen LogP contribution in [0.4, 0.5) is 0 Å². The van der Waals surface area contributed by atoms with Crippen molar-refractivity contribution in [3.05, 3.63) is 29.3 Å². The van der Waals surface area contributed by atoms with E-state index in [1.165, 1.54) is 20.3 Å². The highest BCUT2D eigenvalue weighted by Gasteiger charge is 2.03. The lowest BCUT2D eigenvalue weighted by Crippen LogP contribution is -1.91. The van der Waals surface area contributed by atoms with E-state index >= 15 is 0 Å². The zero-order valence-corrected chi connectivity index (χ0v) is 9.10. The van der Waals surface area contributed by atoms with Gasteiger partial charge in [-0.2, -0.15) is 0 Å². The Balaban J connectivity index is 3.12. The maximum absolute atomic E-state index is 10.5. The molecule has 4 nitrogen and oxygen atoms in total. The summed E-state index contributed by atoms with van der Waals surface area (Å²) in [5.74, 6) is 1.14. The molecule has 0 aliphatic carbocycles. The molecule has 0 bridgehead atoms. The van der Waals surface area contributed by atoms with Crippen molar-refractivity contribution < 1.29 is 19.1 Å². The molecule has 0 heterocycles. The number of allylic oxidation sites excluding steroid dienone is 1. The maximum atomic E-state index is 10.5. The standard InChI is InChI=1S/C12H12O4/c1-15-11-4-3-9(6-12(11)16-2)5-10(7-13)8-14/h3-8H,1-2H3. The molecule has 0 unspecified atom stereocenters. The molecule has 84 valence electrons. The van der Waals surface area contributed by atoms with Crippen molar-refractivity contribution in [1.29, 1.82) is 0 Å². The minimum atomic E-state index is 0.0761. The Morgan fingerprint density at radius 1 is 1.06 bits per heavy atom. The molecule has 1 aromatic carbocycles. The molecular weight excluding hydrogens is 208 g/mol. The number of aldehydes is 2. The van der Waals surface area contributed by atoms with Gasteiger partial charge in [0.2, 0.25) is 0 Å².